The van der Waals surface area contributed by atoms with Gasteiger partial charge in [-0.15, -0.1) is 0 Å². The lowest BCUT2D eigenvalue weighted by atomic mass is 9.95. The van der Waals surface area contributed by atoms with Crippen molar-refractivity contribution < 1.29 is 34.6 Å². The molecule has 0 saturated carbocycles. The molecule has 0 aliphatic rings. The first-order valence-electron chi connectivity index (χ1n) is 24.2. The fraction of sp³-hybridized carbons (Fsp3) is 0. The van der Waals surface area contributed by atoms with E-state index in [9.17, 15) is 8.22 Å². The van der Waals surface area contributed by atoms with E-state index < -0.39 is 188 Å². The van der Waals surface area contributed by atoms with Crippen molar-refractivity contribution >= 4 is 71.3 Å². The molecule has 9 rings (SSSR count). The average Bonchev–Trinajstić information content (AvgIpc) is 3.69. The summed E-state index contributed by atoms with van der Waals surface area (Å²) in [6.45, 7) is 0. The Morgan fingerprint density at radius 1 is 0.500 bits per heavy atom. The van der Waals surface area contributed by atoms with Gasteiger partial charge in [-0.25, -0.2) is 0 Å². The Morgan fingerprint density at radius 2 is 1.11 bits per heavy atom. The van der Waals surface area contributed by atoms with Crippen LogP contribution in [0, 0.1) is 0 Å². The Morgan fingerprint density at radius 3 is 1.80 bits per heavy atom. The number of hydrogen-bond acceptors (Lipinski definition) is 2. The van der Waals surface area contributed by atoms with Crippen molar-refractivity contribution in [2.75, 3.05) is 4.90 Å². The van der Waals surface area contributed by atoms with Gasteiger partial charge in [-0.1, -0.05) is 121 Å². The van der Waals surface area contributed by atoms with Gasteiger partial charge in [-0.05, 0) is 80.4 Å². The zero-order chi connectivity index (χ0) is 48.2. The highest BCUT2D eigenvalue weighted by atomic mass is 16.3. The van der Waals surface area contributed by atoms with Crippen LogP contribution in [0.25, 0.3) is 65.4 Å². The van der Waals surface area contributed by atoms with Crippen LogP contribution in [0.3, 0.4) is 0 Å². The smallest absolute Gasteiger partial charge is 0.143 e. The van der Waals surface area contributed by atoms with E-state index in [4.69, 9.17) is 26.3 Å². The molecule has 0 N–H and O–H groups in total. The lowest BCUT2D eigenvalue weighted by molar-refractivity contribution is 0.672. The van der Waals surface area contributed by atoms with Crippen LogP contribution in [0.15, 0.2) is 168 Å². The Labute approximate surface area is 285 Å². The second-order valence-corrected chi connectivity index (χ2v) is 9.63. The van der Waals surface area contributed by atoms with Crippen molar-refractivity contribution in [2.45, 2.75) is 0 Å². The van der Waals surface area contributed by atoms with E-state index in [1.807, 2.05) is 0 Å². The van der Waals surface area contributed by atoms with Crippen LogP contribution in [0.2, 0.25) is 0 Å². The highest BCUT2D eigenvalue weighted by molar-refractivity contribution is 6.22. The van der Waals surface area contributed by atoms with Crippen molar-refractivity contribution in [1.29, 1.82) is 0 Å². The average molecular weight is 584 g/mol. The topological polar surface area (TPSA) is 16.4 Å². The summed E-state index contributed by atoms with van der Waals surface area (Å²) >= 11 is 0. The molecule has 9 aromatic rings. The molecule has 0 aliphatic heterocycles. The number of fused-ring (bicyclic) bond motifs is 7. The lowest BCUT2D eigenvalue weighted by Gasteiger charge is -2.27. The molecule has 0 atom stereocenters. The van der Waals surface area contributed by atoms with E-state index in [2.05, 4.69) is 0 Å². The predicted molar refractivity (Wildman–Crippen MR) is 186 cm³/mol. The minimum absolute atomic E-state index is 0.0895. The van der Waals surface area contributed by atoms with Crippen LogP contribution in [-0.2, 0) is 0 Å². The molecule has 0 spiro atoms. The summed E-state index contributed by atoms with van der Waals surface area (Å²) in [4.78, 5) is 0.635. The molecule has 206 valence electrons. The van der Waals surface area contributed by atoms with Crippen molar-refractivity contribution in [3.05, 3.63) is 163 Å². The van der Waals surface area contributed by atoms with E-state index in [-0.39, 0.29) is 27.3 Å². The van der Waals surface area contributed by atoms with Gasteiger partial charge in [0.2, 0.25) is 0 Å². The third-order valence-corrected chi connectivity index (χ3v) is 7.12. The fourth-order valence-electron chi connectivity index (χ4n) is 5.20. The van der Waals surface area contributed by atoms with E-state index in [0.29, 0.717) is 4.90 Å². The SMILES string of the molecule is [2H]c1c([2H])c(N(c2c([2H])c([2H])c3c([2H])c([2H])c([2H])c([2H])c3c2[2H])c2c([2H])c([2H])c3c([2H])c([2H])c([2H])c([2H])c3c2[2H])c2c(oc3c4c([2H])c([2H])c([2H])c([2H])c4c(-c4ccccc4)c([2H])c32)c1[2H]. The van der Waals surface area contributed by atoms with Gasteiger partial charge in [0, 0.05) is 22.1 Å². The molecule has 0 amide bonds. The zero-order valence-electron chi connectivity index (χ0n) is 44.2. The molecule has 0 radical (unpaired) electrons. The minimum Gasteiger partial charge on any atom is -0.455 e. The second kappa shape index (κ2) is 9.86. The summed E-state index contributed by atoms with van der Waals surface area (Å²) in [6, 6.07) is -10.3. The standard InChI is InChI=1S/C42H27NO/c1-2-13-30(14-3-1)37-27-38-41-39(19-10-20-40(41)44-42(38)36-18-9-8-17-35(36)37)43(33-23-21-28-11-4-6-15-31(28)25-33)34-24-22-29-12-5-7-16-32(29)26-34/h1-27H/i4D,5D,6D,7D,8D,9D,10D,11D,12D,15D,16D,17D,18D,19D,20D,21D,22D,23D,24D,25D,26D,27D. The minimum atomic E-state index is -1.02. The van der Waals surface area contributed by atoms with Gasteiger partial charge >= 0.3 is 0 Å². The van der Waals surface area contributed by atoms with Crippen LogP contribution >= 0.6 is 0 Å². The Bertz CT molecular complexity index is 3620. The quantitative estimate of drug-likeness (QED) is 0.205. The molecule has 0 bridgehead atoms. The van der Waals surface area contributed by atoms with Crippen LogP contribution in [0.5, 0.6) is 0 Å². The fourth-order valence-corrected chi connectivity index (χ4v) is 5.20. The van der Waals surface area contributed by atoms with Crippen LogP contribution in [0.4, 0.5) is 17.1 Å². The van der Waals surface area contributed by atoms with Crippen molar-refractivity contribution in [2.24, 2.45) is 0 Å². The Balaban J connectivity index is 1.63. The van der Waals surface area contributed by atoms with Gasteiger partial charge in [0.25, 0.3) is 0 Å². The molecule has 1 heterocycles. The van der Waals surface area contributed by atoms with Crippen LogP contribution in [0.1, 0.15) is 30.2 Å². The van der Waals surface area contributed by atoms with E-state index in [0.717, 1.165) is 0 Å². The maximum Gasteiger partial charge on any atom is 0.143 e. The summed E-state index contributed by atoms with van der Waals surface area (Å²) in [7, 11) is 0. The molecular formula is C42H27NO. The summed E-state index contributed by atoms with van der Waals surface area (Å²) in [6.07, 6.45) is 0. The molecule has 0 saturated heterocycles. The molecular weight excluding hydrogens is 534 g/mol. The molecule has 1 aromatic heterocycles. The van der Waals surface area contributed by atoms with Gasteiger partial charge in [0.05, 0.1) is 41.2 Å². The summed E-state index contributed by atoms with van der Waals surface area (Å²) < 4.78 is 204. The molecule has 44 heavy (non-hydrogen) atoms. The Hall–Kier alpha value is -5.86. The normalized spacial score (nSPS) is 18.6. The van der Waals surface area contributed by atoms with Gasteiger partial charge in [-0.2, -0.15) is 0 Å². The van der Waals surface area contributed by atoms with E-state index >= 15 is 0 Å². The van der Waals surface area contributed by atoms with E-state index in [1.165, 1.54) is 0 Å². The second-order valence-electron chi connectivity index (χ2n) is 9.63. The lowest BCUT2D eigenvalue weighted by Crippen LogP contribution is -2.10. The molecule has 8 aromatic carbocycles. The third-order valence-electron chi connectivity index (χ3n) is 7.12. The number of anilines is 3. The van der Waals surface area contributed by atoms with Crippen LogP contribution < -0.4 is 4.90 Å². The summed E-state index contributed by atoms with van der Waals surface area (Å²) in [5, 5.41) is -3.81. The van der Waals surface area contributed by atoms with Gasteiger partial charge < -0.3 is 9.32 Å². The number of hydrogen-bond donors (Lipinski definition) is 0. The van der Waals surface area contributed by atoms with Crippen molar-refractivity contribution in [1.82, 2.24) is 0 Å². The summed E-state index contributed by atoms with van der Waals surface area (Å²) in [5.41, 5.74) is -3.44. The van der Waals surface area contributed by atoms with Crippen LogP contribution in [-0.4, -0.2) is 0 Å². The Kier molecular flexibility index (Phi) is 2.54. The largest absolute Gasteiger partial charge is 0.455 e. The molecule has 0 fully saturated rings. The molecule has 0 aliphatic carbocycles. The maximum atomic E-state index is 9.86. The monoisotopic (exact) mass is 583 g/mol. The maximum absolute atomic E-state index is 9.86. The van der Waals surface area contributed by atoms with Gasteiger partial charge in [-0.3, -0.25) is 0 Å². The first kappa shape index (κ1) is 11.3. The van der Waals surface area contributed by atoms with Crippen molar-refractivity contribution in [3.8, 4) is 11.1 Å². The van der Waals surface area contributed by atoms with Gasteiger partial charge in [0.1, 0.15) is 11.2 Å². The van der Waals surface area contributed by atoms with Crippen molar-refractivity contribution in [3.63, 3.8) is 0 Å². The third kappa shape index (κ3) is 3.89. The summed E-state index contributed by atoms with van der Waals surface area (Å²) in [5.74, 6) is 0. The predicted octanol–water partition coefficient (Wildman–Crippen LogP) is 12.2. The number of furan rings is 1. The van der Waals surface area contributed by atoms with Gasteiger partial charge in [0.15, 0.2) is 0 Å². The van der Waals surface area contributed by atoms with E-state index in [1.54, 1.807) is 30.3 Å². The highest BCUT2D eigenvalue weighted by Gasteiger charge is 2.22. The molecule has 2 heteroatoms. The first-order chi connectivity index (χ1) is 31.0. The number of nitrogens with zero attached hydrogens (tertiary/aromatic N) is 1. The number of rotatable bonds is 4. The molecule has 2 nitrogen and oxygen atoms in total. The molecule has 0 unspecified atom stereocenters. The highest BCUT2D eigenvalue weighted by Crippen LogP contribution is 2.46. The first-order valence-corrected chi connectivity index (χ1v) is 13.2. The number of benzene rings is 8. The zero-order valence-corrected chi connectivity index (χ0v) is 22.2.